The van der Waals surface area contributed by atoms with Crippen LogP contribution in [0.25, 0.3) is 0 Å². The molecule has 0 bridgehead atoms. The highest BCUT2D eigenvalue weighted by molar-refractivity contribution is 7.93. The molecule has 5 heteroatoms. The molecule has 132 valence electrons. The maximum atomic E-state index is 13.1. The lowest BCUT2D eigenvalue weighted by Crippen LogP contribution is -2.36. The fourth-order valence-corrected chi connectivity index (χ4v) is 3.75. The molecule has 0 saturated heterocycles. The number of allylic oxidation sites excluding steroid dienone is 1. The third-order valence-corrected chi connectivity index (χ3v) is 5.49. The van der Waals surface area contributed by atoms with E-state index in [1.54, 1.807) is 38.1 Å². The van der Waals surface area contributed by atoms with Gasteiger partial charge in [-0.2, -0.15) is 4.31 Å². The Labute approximate surface area is 149 Å². The first-order valence-electron chi connectivity index (χ1n) is 8.15. The molecular weight excluding hydrogens is 334 g/mol. The highest BCUT2D eigenvalue weighted by atomic mass is 32.2. The van der Waals surface area contributed by atoms with Crippen LogP contribution in [0.2, 0.25) is 0 Å². The number of amides is 1. The average Bonchev–Trinajstić information content (AvgIpc) is 2.55. The molecule has 1 amide bonds. The van der Waals surface area contributed by atoms with Crippen molar-refractivity contribution >= 4 is 21.6 Å². The van der Waals surface area contributed by atoms with Crippen LogP contribution in [0.1, 0.15) is 31.9 Å². The number of nitrogens with zero attached hydrogens (tertiary/aromatic N) is 1. The SMILES string of the molecule is CCc1ccc(N(C(=O)C=C(C)C)S(=O)(=O)c2ccc(C)cc2)cc1. The van der Waals surface area contributed by atoms with Crippen LogP contribution < -0.4 is 4.31 Å². The first-order valence-corrected chi connectivity index (χ1v) is 9.59. The number of aryl methyl sites for hydroxylation is 2. The smallest absolute Gasteiger partial charge is 0.268 e. The van der Waals surface area contributed by atoms with Crippen molar-refractivity contribution in [1.29, 1.82) is 0 Å². The van der Waals surface area contributed by atoms with Gasteiger partial charge in [0.15, 0.2) is 0 Å². The number of carbonyl (C=O) groups is 1. The Hall–Kier alpha value is -2.40. The molecule has 25 heavy (non-hydrogen) atoms. The van der Waals surface area contributed by atoms with Crippen molar-refractivity contribution in [2.45, 2.75) is 39.0 Å². The fourth-order valence-electron chi connectivity index (χ4n) is 2.37. The number of anilines is 1. The number of hydrogen-bond donors (Lipinski definition) is 0. The number of carbonyl (C=O) groups excluding carboxylic acids is 1. The fraction of sp³-hybridized carbons (Fsp3) is 0.250. The molecule has 2 aromatic carbocycles. The Balaban J connectivity index is 2.59. The van der Waals surface area contributed by atoms with Gasteiger partial charge in [-0.25, -0.2) is 8.42 Å². The summed E-state index contributed by atoms with van der Waals surface area (Å²) >= 11 is 0. The third kappa shape index (κ3) is 4.37. The molecule has 0 aliphatic carbocycles. The second-order valence-corrected chi connectivity index (χ2v) is 7.95. The summed E-state index contributed by atoms with van der Waals surface area (Å²) in [5, 5.41) is 0. The molecule has 0 radical (unpaired) electrons. The Morgan fingerprint density at radius 2 is 1.56 bits per heavy atom. The van der Waals surface area contributed by atoms with Crippen molar-refractivity contribution in [3.8, 4) is 0 Å². The lowest BCUT2D eigenvalue weighted by atomic mass is 10.1. The minimum atomic E-state index is -4.00. The summed E-state index contributed by atoms with van der Waals surface area (Å²) in [6.07, 6.45) is 2.17. The maximum absolute atomic E-state index is 13.1. The van der Waals surface area contributed by atoms with Crippen LogP contribution in [0.3, 0.4) is 0 Å². The maximum Gasteiger partial charge on any atom is 0.271 e. The van der Waals surface area contributed by atoms with Crippen molar-refractivity contribution in [2.75, 3.05) is 4.31 Å². The summed E-state index contributed by atoms with van der Waals surface area (Å²) in [4.78, 5) is 12.8. The zero-order valence-electron chi connectivity index (χ0n) is 15.0. The van der Waals surface area contributed by atoms with Crippen LogP contribution in [0.15, 0.2) is 65.1 Å². The molecule has 0 saturated carbocycles. The van der Waals surface area contributed by atoms with Crippen LogP contribution in [-0.4, -0.2) is 14.3 Å². The van der Waals surface area contributed by atoms with Crippen LogP contribution >= 0.6 is 0 Å². The molecule has 0 atom stereocenters. The van der Waals surface area contributed by atoms with Gasteiger partial charge in [-0.3, -0.25) is 4.79 Å². The highest BCUT2D eigenvalue weighted by Gasteiger charge is 2.29. The van der Waals surface area contributed by atoms with Crippen LogP contribution in [0.5, 0.6) is 0 Å². The summed E-state index contributed by atoms with van der Waals surface area (Å²) < 4.78 is 27.1. The van der Waals surface area contributed by atoms with Gasteiger partial charge in [-0.15, -0.1) is 0 Å². The summed E-state index contributed by atoms with van der Waals surface area (Å²) in [7, 11) is -4.00. The van der Waals surface area contributed by atoms with Crippen molar-refractivity contribution in [3.05, 3.63) is 71.3 Å². The predicted octanol–water partition coefficient (Wildman–Crippen LogP) is 4.25. The summed E-state index contributed by atoms with van der Waals surface area (Å²) in [5.41, 5.74) is 3.10. The lowest BCUT2D eigenvalue weighted by Gasteiger charge is -2.22. The Morgan fingerprint density at radius 1 is 1.00 bits per heavy atom. The topological polar surface area (TPSA) is 54.5 Å². The average molecular weight is 357 g/mol. The Bertz CT molecular complexity index is 876. The van der Waals surface area contributed by atoms with Crippen molar-refractivity contribution in [2.24, 2.45) is 0 Å². The molecule has 0 aliphatic heterocycles. The van der Waals surface area contributed by atoms with Gasteiger partial charge in [-0.05, 0) is 57.0 Å². The summed E-state index contributed by atoms with van der Waals surface area (Å²) in [6.45, 7) is 7.42. The van der Waals surface area contributed by atoms with E-state index < -0.39 is 15.9 Å². The van der Waals surface area contributed by atoms with Crippen molar-refractivity contribution in [1.82, 2.24) is 0 Å². The van der Waals surface area contributed by atoms with E-state index in [1.807, 2.05) is 26.0 Å². The monoisotopic (exact) mass is 357 g/mol. The van der Waals surface area contributed by atoms with Gasteiger partial charge >= 0.3 is 0 Å². The van der Waals surface area contributed by atoms with E-state index in [4.69, 9.17) is 0 Å². The number of sulfonamides is 1. The predicted molar refractivity (Wildman–Crippen MR) is 101 cm³/mol. The second-order valence-electron chi connectivity index (χ2n) is 6.16. The molecule has 0 heterocycles. The molecule has 2 rings (SSSR count). The van der Waals surface area contributed by atoms with E-state index in [0.717, 1.165) is 27.4 Å². The number of rotatable bonds is 5. The van der Waals surface area contributed by atoms with Gasteiger partial charge < -0.3 is 0 Å². The van der Waals surface area contributed by atoms with Gasteiger partial charge in [-0.1, -0.05) is 42.3 Å². The minimum Gasteiger partial charge on any atom is -0.268 e. The van der Waals surface area contributed by atoms with Gasteiger partial charge in [0.25, 0.3) is 15.9 Å². The zero-order valence-corrected chi connectivity index (χ0v) is 15.8. The van der Waals surface area contributed by atoms with Crippen molar-refractivity contribution in [3.63, 3.8) is 0 Å². The minimum absolute atomic E-state index is 0.0909. The van der Waals surface area contributed by atoms with E-state index in [0.29, 0.717) is 5.69 Å². The van der Waals surface area contributed by atoms with Crippen LogP contribution in [0, 0.1) is 6.92 Å². The first-order chi connectivity index (χ1) is 11.8. The molecule has 0 unspecified atom stereocenters. The molecule has 0 spiro atoms. The van der Waals surface area contributed by atoms with Crippen LogP contribution in [0.4, 0.5) is 5.69 Å². The number of hydrogen-bond acceptors (Lipinski definition) is 3. The lowest BCUT2D eigenvalue weighted by molar-refractivity contribution is -0.113. The molecule has 2 aromatic rings. The normalized spacial score (nSPS) is 11.0. The molecule has 0 fully saturated rings. The molecular formula is C20H23NO3S. The molecule has 0 aliphatic rings. The molecule has 4 nitrogen and oxygen atoms in total. The Morgan fingerprint density at radius 3 is 2.04 bits per heavy atom. The molecule has 0 N–H and O–H groups in total. The van der Waals surface area contributed by atoms with E-state index in [9.17, 15) is 13.2 Å². The zero-order chi connectivity index (χ0) is 18.6. The number of benzene rings is 2. The Kier molecular flexibility index (Phi) is 5.80. The summed E-state index contributed by atoms with van der Waals surface area (Å²) in [5.74, 6) is -0.579. The van der Waals surface area contributed by atoms with Crippen molar-refractivity contribution < 1.29 is 13.2 Å². The van der Waals surface area contributed by atoms with Gasteiger partial charge in [0.1, 0.15) is 0 Å². The quantitative estimate of drug-likeness (QED) is 0.752. The highest BCUT2D eigenvalue weighted by Crippen LogP contribution is 2.25. The van der Waals surface area contributed by atoms with E-state index >= 15 is 0 Å². The van der Waals surface area contributed by atoms with E-state index in [1.165, 1.54) is 18.2 Å². The largest absolute Gasteiger partial charge is 0.271 e. The van der Waals surface area contributed by atoms with Gasteiger partial charge in [0.05, 0.1) is 10.6 Å². The van der Waals surface area contributed by atoms with E-state index in [2.05, 4.69) is 0 Å². The molecule has 0 aromatic heterocycles. The summed E-state index contributed by atoms with van der Waals surface area (Å²) in [6, 6.07) is 13.5. The van der Waals surface area contributed by atoms with Crippen LogP contribution in [-0.2, 0) is 21.2 Å². The van der Waals surface area contributed by atoms with Gasteiger partial charge in [0, 0.05) is 6.08 Å². The first kappa shape index (κ1) is 18.9. The standard InChI is InChI=1S/C20H23NO3S/c1-5-17-8-10-18(11-9-17)21(20(22)14-15(2)3)25(23,24)19-12-6-16(4)7-13-19/h6-14H,5H2,1-4H3. The third-order valence-electron chi connectivity index (χ3n) is 3.75. The van der Waals surface area contributed by atoms with Gasteiger partial charge in [0.2, 0.25) is 0 Å². The van der Waals surface area contributed by atoms with E-state index in [-0.39, 0.29) is 4.90 Å². The second kappa shape index (κ2) is 7.66.